The van der Waals surface area contributed by atoms with Gasteiger partial charge in [-0.2, -0.15) is 5.10 Å². The fourth-order valence-corrected chi connectivity index (χ4v) is 3.59. The second-order valence-corrected chi connectivity index (χ2v) is 6.82. The lowest BCUT2D eigenvalue weighted by Gasteiger charge is -2.34. The highest BCUT2D eigenvalue weighted by molar-refractivity contribution is 6.33. The Morgan fingerprint density at radius 2 is 1.96 bits per heavy atom. The highest BCUT2D eigenvalue weighted by Crippen LogP contribution is 2.32. The largest absolute Gasteiger partial charge is 0.454 e. The third kappa shape index (κ3) is 3.24. The Labute approximate surface area is 157 Å². The van der Waals surface area contributed by atoms with Gasteiger partial charge < -0.3 is 14.4 Å². The Morgan fingerprint density at radius 1 is 1.19 bits per heavy atom. The summed E-state index contributed by atoms with van der Waals surface area (Å²) in [6.07, 6.45) is 1.54. The first-order valence-corrected chi connectivity index (χ1v) is 9.15. The van der Waals surface area contributed by atoms with Crippen molar-refractivity contribution in [3.8, 4) is 11.5 Å². The summed E-state index contributed by atoms with van der Waals surface area (Å²) in [6.45, 7) is 6.67. The second kappa shape index (κ2) is 7.17. The van der Waals surface area contributed by atoms with Gasteiger partial charge in [0.15, 0.2) is 11.5 Å². The van der Waals surface area contributed by atoms with E-state index in [2.05, 4.69) is 16.1 Å². The smallest absolute Gasteiger partial charge is 0.273 e. The molecule has 0 radical (unpaired) electrons. The molecule has 1 fully saturated rings. The first-order valence-electron chi connectivity index (χ1n) is 8.77. The van der Waals surface area contributed by atoms with Crippen LogP contribution in [0.15, 0.2) is 24.4 Å². The van der Waals surface area contributed by atoms with Crippen LogP contribution in [-0.2, 0) is 13.1 Å². The molecule has 2 aromatic rings. The van der Waals surface area contributed by atoms with Crippen LogP contribution >= 0.6 is 11.6 Å². The van der Waals surface area contributed by atoms with Crippen molar-refractivity contribution >= 4 is 17.5 Å². The SMILES string of the molecule is CCn1ncc(Cl)c1C(=O)N1CCN(Cc2ccc3c(c2)OCO3)CC1. The zero-order valence-corrected chi connectivity index (χ0v) is 15.4. The Hall–Kier alpha value is -2.25. The molecule has 8 heteroatoms. The van der Waals surface area contributed by atoms with Gasteiger partial charge in [-0.1, -0.05) is 17.7 Å². The number of piperazine rings is 1. The summed E-state index contributed by atoms with van der Waals surface area (Å²) < 4.78 is 12.4. The van der Waals surface area contributed by atoms with Crippen molar-refractivity contribution in [2.24, 2.45) is 0 Å². The highest BCUT2D eigenvalue weighted by Gasteiger charge is 2.26. The molecular weight excluding hydrogens is 356 g/mol. The number of benzene rings is 1. The molecule has 0 N–H and O–H groups in total. The molecule has 1 aromatic heterocycles. The van der Waals surface area contributed by atoms with Crippen LogP contribution in [0.3, 0.4) is 0 Å². The molecule has 26 heavy (non-hydrogen) atoms. The number of ether oxygens (including phenoxy) is 2. The van der Waals surface area contributed by atoms with E-state index >= 15 is 0 Å². The Morgan fingerprint density at radius 3 is 2.73 bits per heavy atom. The van der Waals surface area contributed by atoms with Gasteiger partial charge in [-0.15, -0.1) is 0 Å². The van der Waals surface area contributed by atoms with Crippen molar-refractivity contribution < 1.29 is 14.3 Å². The molecule has 2 aliphatic rings. The molecule has 0 spiro atoms. The third-order valence-electron chi connectivity index (χ3n) is 4.80. The van der Waals surface area contributed by atoms with E-state index in [-0.39, 0.29) is 12.7 Å². The number of hydrogen-bond donors (Lipinski definition) is 0. The molecular formula is C18H21ClN4O3. The Balaban J connectivity index is 1.37. The number of aryl methyl sites for hydroxylation is 1. The van der Waals surface area contributed by atoms with Crippen LogP contribution in [0, 0.1) is 0 Å². The quantitative estimate of drug-likeness (QED) is 0.819. The van der Waals surface area contributed by atoms with Crippen molar-refractivity contribution in [1.82, 2.24) is 19.6 Å². The van der Waals surface area contributed by atoms with Crippen LogP contribution in [0.1, 0.15) is 23.0 Å². The molecule has 0 bridgehead atoms. The van der Waals surface area contributed by atoms with Gasteiger partial charge >= 0.3 is 0 Å². The van der Waals surface area contributed by atoms with E-state index in [1.807, 2.05) is 24.0 Å². The van der Waals surface area contributed by atoms with Gasteiger partial charge in [0.1, 0.15) is 5.69 Å². The molecule has 138 valence electrons. The third-order valence-corrected chi connectivity index (χ3v) is 5.08. The van der Waals surface area contributed by atoms with Crippen molar-refractivity contribution in [3.05, 3.63) is 40.7 Å². The Kier molecular flexibility index (Phi) is 4.74. The van der Waals surface area contributed by atoms with E-state index < -0.39 is 0 Å². The number of halogens is 1. The summed E-state index contributed by atoms with van der Waals surface area (Å²) in [7, 11) is 0. The van der Waals surface area contributed by atoms with E-state index in [4.69, 9.17) is 21.1 Å². The highest BCUT2D eigenvalue weighted by atomic mass is 35.5. The van der Waals surface area contributed by atoms with Crippen molar-refractivity contribution in [2.45, 2.75) is 20.0 Å². The fourth-order valence-electron chi connectivity index (χ4n) is 3.37. The van der Waals surface area contributed by atoms with E-state index in [9.17, 15) is 4.79 Å². The zero-order valence-electron chi connectivity index (χ0n) is 14.7. The number of fused-ring (bicyclic) bond motifs is 1. The lowest BCUT2D eigenvalue weighted by molar-refractivity contribution is 0.0616. The van der Waals surface area contributed by atoms with Gasteiger partial charge in [-0.25, -0.2) is 0 Å². The maximum absolute atomic E-state index is 12.8. The molecule has 2 aliphatic heterocycles. The molecule has 1 amide bonds. The summed E-state index contributed by atoms with van der Waals surface area (Å²) in [5, 5.41) is 4.57. The molecule has 7 nitrogen and oxygen atoms in total. The van der Waals surface area contributed by atoms with Gasteiger partial charge in [0.05, 0.1) is 11.2 Å². The van der Waals surface area contributed by atoms with Gasteiger partial charge in [0.25, 0.3) is 5.91 Å². The van der Waals surface area contributed by atoms with Crippen LogP contribution in [-0.4, -0.2) is 58.5 Å². The number of carbonyl (C=O) groups excluding carboxylic acids is 1. The predicted octanol–water partition coefficient (Wildman–Crippen LogP) is 2.24. The van der Waals surface area contributed by atoms with E-state index in [1.54, 1.807) is 4.68 Å². The topological polar surface area (TPSA) is 59.8 Å². The standard InChI is InChI=1S/C18H21ClN4O3/c1-2-23-17(14(19)10-20-23)18(24)22-7-5-21(6-8-22)11-13-3-4-15-16(9-13)26-12-25-15/h3-4,9-10H,2,5-8,11-12H2,1H3. The molecule has 0 saturated carbocycles. The summed E-state index contributed by atoms with van der Waals surface area (Å²) in [4.78, 5) is 17.0. The number of nitrogens with zero attached hydrogens (tertiary/aromatic N) is 4. The average molecular weight is 377 g/mol. The zero-order chi connectivity index (χ0) is 18.1. The average Bonchev–Trinajstić information content (AvgIpc) is 3.27. The maximum atomic E-state index is 12.8. The Bertz CT molecular complexity index is 815. The van der Waals surface area contributed by atoms with Gasteiger partial charge in [-0.05, 0) is 24.6 Å². The lowest BCUT2D eigenvalue weighted by atomic mass is 10.1. The van der Waals surface area contributed by atoms with Crippen molar-refractivity contribution in [3.63, 3.8) is 0 Å². The minimum absolute atomic E-state index is 0.0444. The van der Waals surface area contributed by atoms with Crippen LogP contribution in [0.5, 0.6) is 11.5 Å². The van der Waals surface area contributed by atoms with Crippen molar-refractivity contribution in [2.75, 3.05) is 33.0 Å². The first kappa shape index (κ1) is 17.2. The number of carbonyl (C=O) groups is 1. The fraction of sp³-hybridized carbons (Fsp3) is 0.444. The number of rotatable bonds is 4. The van der Waals surface area contributed by atoms with Crippen LogP contribution in [0.25, 0.3) is 0 Å². The van der Waals surface area contributed by atoms with E-state index in [0.29, 0.717) is 30.4 Å². The molecule has 0 unspecified atom stereocenters. The van der Waals surface area contributed by atoms with Gasteiger partial charge in [-0.3, -0.25) is 14.4 Å². The second-order valence-electron chi connectivity index (χ2n) is 6.41. The monoisotopic (exact) mass is 376 g/mol. The van der Waals surface area contributed by atoms with E-state index in [1.165, 1.54) is 11.8 Å². The first-order chi connectivity index (χ1) is 12.7. The maximum Gasteiger partial charge on any atom is 0.273 e. The number of aromatic nitrogens is 2. The molecule has 4 rings (SSSR count). The number of hydrogen-bond acceptors (Lipinski definition) is 5. The number of amides is 1. The van der Waals surface area contributed by atoms with Crippen LogP contribution in [0.4, 0.5) is 0 Å². The predicted molar refractivity (Wildman–Crippen MR) is 96.7 cm³/mol. The molecule has 0 atom stereocenters. The lowest BCUT2D eigenvalue weighted by Crippen LogP contribution is -2.48. The van der Waals surface area contributed by atoms with Gasteiger partial charge in [0.2, 0.25) is 6.79 Å². The molecule has 1 aromatic carbocycles. The molecule has 3 heterocycles. The minimum atomic E-state index is -0.0444. The normalized spacial score (nSPS) is 16.9. The summed E-state index contributed by atoms with van der Waals surface area (Å²) in [6, 6.07) is 6.04. The molecule has 0 aliphatic carbocycles. The van der Waals surface area contributed by atoms with Gasteiger partial charge in [0, 0.05) is 39.3 Å². The summed E-state index contributed by atoms with van der Waals surface area (Å²) in [5.41, 5.74) is 1.67. The van der Waals surface area contributed by atoms with Crippen LogP contribution < -0.4 is 9.47 Å². The van der Waals surface area contributed by atoms with Crippen LogP contribution in [0.2, 0.25) is 5.02 Å². The summed E-state index contributed by atoms with van der Waals surface area (Å²) in [5.74, 6) is 1.56. The van der Waals surface area contributed by atoms with E-state index in [0.717, 1.165) is 31.1 Å². The molecule has 1 saturated heterocycles. The van der Waals surface area contributed by atoms with Crippen molar-refractivity contribution in [1.29, 1.82) is 0 Å². The minimum Gasteiger partial charge on any atom is -0.454 e. The summed E-state index contributed by atoms with van der Waals surface area (Å²) >= 11 is 6.16.